The molecule has 24 heavy (non-hydrogen) atoms. The van der Waals surface area contributed by atoms with Crippen LogP contribution in [0.1, 0.15) is 41.5 Å². The first-order chi connectivity index (χ1) is 11.5. The summed E-state index contributed by atoms with van der Waals surface area (Å²) in [5, 5.41) is 13.1. The lowest BCUT2D eigenvalue weighted by atomic mass is 10.1. The second-order valence-electron chi connectivity index (χ2n) is 5.73. The average molecular weight is 348 g/mol. The summed E-state index contributed by atoms with van der Waals surface area (Å²) in [5.41, 5.74) is 0.428. The highest BCUT2D eigenvalue weighted by Gasteiger charge is 2.24. The van der Waals surface area contributed by atoms with Crippen LogP contribution in [0.25, 0.3) is 0 Å². The van der Waals surface area contributed by atoms with Gasteiger partial charge in [0.15, 0.2) is 5.56 Å². The second kappa shape index (κ2) is 6.65. The zero-order chi connectivity index (χ0) is 17.3. The van der Waals surface area contributed by atoms with Crippen LogP contribution in [0.3, 0.4) is 0 Å². The molecular weight excluding hydrogens is 330 g/mol. The number of rotatable bonds is 3. The number of hydrogen-bond donors (Lipinski definition) is 2. The largest absolute Gasteiger partial charge is 0.493 e. The Balaban J connectivity index is 1.98. The van der Waals surface area contributed by atoms with Gasteiger partial charge >= 0.3 is 0 Å². The van der Waals surface area contributed by atoms with Crippen molar-refractivity contribution in [1.82, 2.24) is 9.55 Å². The summed E-state index contributed by atoms with van der Waals surface area (Å²) in [6.07, 6.45) is 3.10. The van der Waals surface area contributed by atoms with E-state index in [4.69, 9.17) is 11.6 Å². The molecule has 3 rings (SSSR count). The fourth-order valence-corrected chi connectivity index (χ4v) is 3.20. The second-order valence-corrected chi connectivity index (χ2v) is 6.10. The molecule has 0 spiro atoms. The predicted octanol–water partition coefficient (Wildman–Crippen LogP) is 2.75. The van der Waals surface area contributed by atoms with Crippen LogP contribution in [0, 0.1) is 0 Å². The number of hydrogen-bond acceptors (Lipinski definition) is 4. The summed E-state index contributed by atoms with van der Waals surface area (Å²) in [7, 11) is 0. The molecular formula is C17H18ClN3O3. The van der Waals surface area contributed by atoms with Gasteiger partial charge in [0.1, 0.15) is 5.82 Å². The van der Waals surface area contributed by atoms with E-state index in [9.17, 15) is 14.7 Å². The van der Waals surface area contributed by atoms with Gasteiger partial charge in [-0.25, -0.2) is 0 Å². The Morgan fingerprint density at radius 3 is 2.96 bits per heavy atom. The van der Waals surface area contributed by atoms with Crippen LogP contribution < -0.4 is 10.9 Å². The molecule has 0 fully saturated rings. The lowest BCUT2D eigenvalue weighted by molar-refractivity contribution is 0.102. The van der Waals surface area contributed by atoms with Gasteiger partial charge in [0.2, 0.25) is 5.88 Å². The molecule has 0 saturated carbocycles. The fraction of sp³-hybridized carbons (Fsp3) is 0.353. The average Bonchev–Trinajstić information content (AvgIpc) is 2.57. The Bertz CT molecular complexity index is 861. The van der Waals surface area contributed by atoms with Crippen molar-refractivity contribution in [2.45, 2.75) is 39.2 Å². The molecule has 1 aromatic carbocycles. The van der Waals surface area contributed by atoms with Crippen LogP contribution in [0.2, 0.25) is 5.02 Å². The highest BCUT2D eigenvalue weighted by Crippen LogP contribution is 2.27. The van der Waals surface area contributed by atoms with E-state index >= 15 is 0 Å². The van der Waals surface area contributed by atoms with Gasteiger partial charge in [-0.2, -0.15) is 4.98 Å². The van der Waals surface area contributed by atoms with Crippen molar-refractivity contribution in [3.8, 4) is 5.88 Å². The van der Waals surface area contributed by atoms with Crippen LogP contribution in [-0.2, 0) is 19.4 Å². The minimum Gasteiger partial charge on any atom is -0.493 e. The van der Waals surface area contributed by atoms with E-state index < -0.39 is 17.3 Å². The van der Waals surface area contributed by atoms with E-state index in [-0.39, 0.29) is 5.56 Å². The summed E-state index contributed by atoms with van der Waals surface area (Å²) in [4.78, 5) is 29.1. The topological polar surface area (TPSA) is 84.2 Å². The molecule has 0 unspecified atom stereocenters. The Hall–Kier alpha value is -2.34. The minimum atomic E-state index is -0.707. The lowest BCUT2D eigenvalue weighted by Crippen LogP contribution is -2.34. The molecule has 1 amide bonds. The first kappa shape index (κ1) is 16.5. The van der Waals surface area contributed by atoms with Crippen molar-refractivity contribution in [3.05, 3.63) is 50.5 Å². The van der Waals surface area contributed by atoms with Gasteiger partial charge in [-0.3, -0.25) is 14.2 Å². The van der Waals surface area contributed by atoms with Crippen molar-refractivity contribution < 1.29 is 9.90 Å². The fourth-order valence-electron chi connectivity index (χ4n) is 2.89. The molecule has 1 aliphatic rings. The third kappa shape index (κ3) is 2.89. The SMILES string of the molecule is CCc1cccc(NC(=O)c2c(O)nc3n(c2=O)CCCC3)c1Cl. The Kier molecular flexibility index (Phi) is 4.57. The maximum atomic E-state index is 12.5. The number of aromatic nitrogens is 2. The molecule has 7 heteroatoms. The van der Waals surface area contributed by atoms with Crippen LogP contribution in [0.5, 0.6) is 5.88 Å². The zero-order valence-corrected chi connectivity index (χ0v) is 14.1. The maximum absolute atomic E-state index is 12.5. The number of anilines is 1. The molecule has 126 valence electrons. The van der Waals surface area contributed by atoms with E-state index in [2.05, 4.69) is 10.3 Å². The van der Waals surface area contributed by atoms with Crippen molar-refractivity contribution in [1.29, 1.82) is 0 Å². The molecule has 0 radical (unpaired) electrons. The van der Waals surface area contributed by atoms with E-state index in [0.717, 1.165) is 24.8 Å². The van der Waals surface area contributed by atoms with Crippen LogP contribution >= 0.6 is 11.6 Å². The lowest BCUT2D eigenvalue weighted by Gasteiger charge is -2.18. The molecule has 1 aromatic heterocycles. The Morgan fingerprint density at radius 2 is 2.21 bits per heavy atom. The van der Waals surface area contributed by atoms with E-state index in [1.165, 1.54) is 4.57 Å². The van der Waals surface area contributed by atoms with Crippen molar-refractivity contribution in [2.24, 2.45) is 0 Å². The number of halogens is 1. The first-order valence-corrected chi connectivity index (χ1v) is 8.32. The van der Waals surface area contributed by atoms with Gasteiger partial charge in [-0.05, 0) is 30.9 Å². The highest BCUT2D eigenvalue weighted by atomic mass is 35.5. The molecule has 1 aliphatic heterocycles. The van der Waals surface area contributed by atoms with Gasteiger partial charge in [-0.15, -0.1) is 0 Å². The van der Waals surface area contributed by atoms with Crippen LogP contribution in [-0.4, -0.2) is 20.6 Å². The number of aryl methyl sites for hydroxylation is 2. The molecule has 6 nitrogen and oxygen atoms in total. The number of fused-ring (bicyclic) bond motifs is 1. The standard InChI is InChI=1S/C17H18ClN3O3/c1-2-10-6-5-7-11(14(10)18)19-15(22)13-16(23)20-12-8-3-4-9-21(12)17(13)24/h5-7,23H,2-4,8-9H2,1H3,(H,19,22). The number of nitrogens with one attached hydrogen (secondary N) is 1. The van der Waals surface area contributed by atoms with Gasteiger partial charge < -0.3 is 10.4 Å². The van der Waals surface area contributed by atoms with Gasteiger partial charge in [-0.1, -0.05) is 30.7 Å². The summed E-state index contributed by atoms with van der Waals surface area (Å²) in [6.45, 7) is 2.46. The first-order valence-electron chi connectivity index (χ1n) is 7.94. The summed E-state index contributed by atoms with van der Waals surface area (Å²) < 4.78 is 1.46. The van der Waals surface area contributed by atoms with Crippen LogP contribution in [0.4, 0.5) is 5.69 Å². The molecule has 0 atom stereocenters. The third-order valence-corrected chi connectivity index (χ3v) is 4.64. The molecule has 0 saturated heterocycles. The van der Waals surface area contributed by atoms with E-state index in [0.29, 0.717) is 29.5 Å². The summed E-state index contributed by atoms with van der Waals surface area (Å²) in [5.74, 6) is -0.722. The number of nitrogens with zero attached hydrogens (tertiary/aromatic N) is 2. The predicted molar refractivity (Wildman–Crippen MR) is 91.9 cm³/mol. The van der Waals surface area contributed by atoms with E-state index in [1.807, 2.05) is 13.0 Å². The number of carbonyl (C=O) groups excluding carboxylic acids is 1. The number of amides is 1. The minimum absolute atomic E-state index is 0.349. The van der Waals surface area contributed by atoms with Gasteiger partial charge in [0, 0.05) is 13.0 Å². The van der Waals surface area contributed by atoms with Crippen LogP contribution in [0.15, 0.2) is 23.0 Å². The Morgan fingerprint density at radius 1 is 1.42 bits per heavy atom. The molecule has 2 N–H and O–H groups in total. The quantitative estimate of drug-likeness (QED) is 0.894. The summed E-state index contributed by atoms with van der Waals surface area (Å²) in [6, 6.07) is 5.29. The molecule has 0 aliphatic carbocycles. The molecule has 2 aromatic rings. The van der Waals surface area contributed by atoms with Crippen molar-refractivity contribution in [3.63, 3.8) is 0 Å². The van der Waals surface area contributed by atoms with Crippen molar-refractivity contribution in [2.75, 3.05) is 5.32 Å². The van der Waals surface area contributed by atoms with Gasteiger partial charge in [0.25, 0.3) is 11.5 Å². The van der Waals surface area contributed by atoms with E-state index in [1.54, 1.807) is 12.1 Å². The smallest absolute Gasteiger partial charge is 0.270 e. The highest BCUT2D eigenvalue weighted by molar-refractivity contribution is 6.34. The Labute approximate surface area is 144 Å². The number of carbonyl (C=O) groups is 1. The van der Waals surface area contributed by atoms with Gasteiger partial charge in [0.05, 0.1) is 10.7 Å². The third-order valence-electron chi connectivity index (χ3n) is 4.20. The van der Waals surface area contributed by atoms with Crippen molar-refractivity contribution >= 4 is 23.2 Å². The maximum Gasteiger partial charge on any atom is 0.270 e. The molecule has 2 heterocycles. The zero-order valence-electron chi connectivity index (χ0n) is 13.3. The normalized spacial score (nSPS) is 13.4. The number of aromatic hydroxyl groups is 1. The number of benzene rings is 1. The summed E-state index contributed by atoms with van der Waals surface area (Å²) >= 11 is 6.26. The monoisotopic (exact) mass is 347 g/mol. The molecule has 0 bridgehead atoms.